The van der Waals surface area contributed by atoms with Crippen LogP contribution in [0.3, 0.4) is 0 Å². The second-order valence-corrected chi connectivity index (χ2v) is 5.89. The van der Waals surface area contributed by atoms with E-state index in [9.17, 15) is 4.39 Å². The average Bonchev–Trinajstić information content (AvgIpc) is 2.40. The van der Waals surface area contributed by atoms with E-state index in [-0.39, 0.29) is 11.9 Å². The zero-order chi connectivity index (χ0) is 15.4. The minimum atomic E-state index is -0.224. The van der Waals surface area contributed by atoms with Crippen LogP contribution >= 0.6 is 23.2 Å². The Morgan fingerprint density at radius 2 is 1.81 bits per heavy atom. The Bertz CT molecular complexity index is 588. The van der Waals surface area contributed by atoms with Gasteiger partial charge in [-0.1, -0.05) is 42.3 Å². The van der Waals surface area contributed by atoms with E-state index in [4.69, 9.17) is 23.2 Å². The molecule has 0 bridgehead atoms. The van der Waals surface area contributed by atoms with Crippen molar-refractivity contribution in [2.24, 2.45) is 0 Å². The summed E-state index contributed by atoms with van der Waals surface area (Å²) in [6.07, 6.45) is 0.620. The number of hydrogen-bond donors (Lipinski definition) is 1. The van der Waals surface area contributed by atoms with Gasteiger partial charge in [0, 0.05) is 16.1 Å². The third kappa shape index (κ3) is 4.19. The molecule has 0 fully saturated rings. The summed E-state index contributed by atoms with van der Waals surface area (Å²) in [6.45, 7) is 4.69. The monoisotopic (exact) mass is 325 g/mol. The SMILES string of the molecule is CCNC(Cc1c(Cl)cccc1Cl)c1cc(C)cc(F)c1. The Hall–Kier alpha value is -1.09. The van der Waals surface area contributed by atoms with Crippen LogP contribution in [0.5, 0.6) is 0 Å². The maximum atomic E-state index is 13.6. The van der Waals surface area contributed by atoms with E-state index in [2.05, 4.69) is 5.32 Å². The molecular formula is C17H18Cl2FN. The first-order valence-electron chi connectivity index (χ1n) is 6.94. The van der Waals surface area contributed by atoms with Gasteiger partial charge < -0.3 is 5.32 Å². The minimum Gasteiger partial charge on any atom is -0.310 e. The molecule has 0 aliphatic rings. The van der Waals surface area contributed by atoms with Crippen LogP contribution in [0.15, 0.2) is 36.4 Å². The van der Waals surface area contributed by atoms with Crippen LogP contribution in [0.25, 0.3) is 0 Å². The number of aryl methyl sites for hydroxylation is 1. The fourth-order valence-electron chi connectivity index (χ4n) is 2.45. The third-order valence-electron chi connectivity index (χ3n) is 3.39. The van der Waals surface area contributed by atoms with Gasteiger partial charge in [-0.3, -0.25) is 0 Å². The standard InChI is InChI=1S/C17H18Cl2FN/c1-3-21-17(12-7-11(2)8-13(20)9-12)10-14-15(18)5-4-6-16(14)19/h4-9,17,21H,3,10H2,1-2H3. The molecule has 2 aromatic carbocycles. The number of nitrogens with one attached hydrogen (secondary N) is 1. The average molecular weight is 326 g/mol. The summed E-state index contributed by atoms with van der Waals surface area (Å²) in [4.78, 5) is 0. The highest BCUT2D eigenvalue weighted by molar-refractivity contribution is 6.36. The molecule has 0 amide bonds. The van der Waals surface area contributed by atoms with Gasteiger partial charge in [0.25, 0.3) is 0 Å². The van der Waals surface area contributed by atoms with Crippen LogP contribution in [0.4, 0.5) is 4.39 Å². The van der Waals surface area contributed by atoms with Crippen molar-refractivity contribution < 1.29 is 4.39 Å². The van der Waals surface area contributed by atoms with E-state index in [1.807, 2.05) is 38.1 Å². The van der Waals surface area contributed by atoms with Crippen LogP contribution in [-0.2, 0) is 6.42 Å². The first-order valence-corrected chi connectivity index (χ1v) is 7.70. The predicted octanol–water partition coefficient (Wildman–Crippen LogP) is 5.33. The van der Waals surface area contributed by atoms with Gasteiger partial charge in [-0.25, -0.2) is 4.39 Å². The van der Waals surface area contributed by atoms with Gasteiger partial charge in [-0.15, -0.1) is 0 Å². The second-order valence-electron chi connectivity index (χ2n) is 5.08. The van der Waals surface area contributed by atoms with E-state index < -0.39 is 0 Å². The fourth-order valence-corrected chi connectivity index (χ4v) is 3.00. The van der Waals surface area contributed by atoms with E-state index >= 15 is 0 Å². The van der Waals surface area contributed by atoms with Crippen LogP contribution in [0.2, 0.25) is 10.0 Å². The van der Waals surface area contributed by atoms with Gasteiger partial charge in [0.2, 0.25) is 0 Å². The molecule has 0 saturated heterocycles. The second kappa shape index (κ2) is 7.26. The molecule has 1 atom stereocenters. The topological polar surface area (TPSA) is 12.0 Å². The summed E-state index contributed by atoms with van der Waals surface area (Å²) in [5.74, 6) is -0.224. The molecule has 0 aromatic heterocycles. The third-order valence-corrected chi connectivity index (χ3v) is 4.10. The van der Waals surface area contributed by atoms with Crippen molar-refractivity contribution in [2.45, 2.75) is 26.3 Å². The van der Waals surface area contributed by atoms with Gasteiger partial charge >= 0.3 is 0 Å². The molecule has 2 aromatic rings. The maximum Gasteiger partial charge on any atom is 0.123 e. The Kier molecular flexibility index (Phi) is 5.63. The van der Waals surface area contributed by atoms with Crippen molar-refractivity contribution in [2.75, 3.05) is 6.54 Å². The molecule has 1 nitrogen and oxygen atoms in total. The zero-order valence-corrected chi connectivity index (χ0v) is 13.6. The van der Waals surface area contributed by atoms with Crippen molar-refractivity contribution in [3.63, 3.8) is 0 Å². The first-order chi connectivity index (χ1) is 10.0. The summed E-state index contributed by atoms with van der Waals surface area (Å²) < 4.78 is 13.6. The van der Waals surface area contributed by atoms with Crippen molar-refractivity contribution in [3.8, 4) is 0 Å². The summed E-state index contributed by atoms with van der Waals surface area (Å²) >= 11 is 12.5. The highest BCUT2D eigenvalue weighted by Crippen LogP contribution is 2.30. The van der Waals surface area contributed by atoms with E-state index in [0.717, 1.165) is 23.2 Å². The Labute approximate surface area is 135 Å². The van der Waals surface area contributed by atoms with Crippen molar-refractivity contribution in [1.82, 2.24) is 5.32 Å². The molecule has 0 aliphatic heterocycles. The largest absolute Gasteiger partial charge is 0.310 e. The van der Waals surface area contributed by atoms with Crippen molar-refractivity contribution in [3.05, 3.63) is 69.0 Å². The number of hydrogen-bond acceptors (Lipinski definition) is 1. The molecule has 21 heavy (non-hydrogen) atoms. The van der Waals surface area contributed by atoms with Crippen LogP contribution in [0, 0.1) is 12.7 Å². The number of rotatable bonds is 5. The first kappa shape index (κ1) is 16.3. The highest BCUT2D eigenvalue weighted by Gasteiger charge is 2.16. The molecule has 0 heterocycles. The van der Waals surface area contributed by atoms with Gasteiger partial charge in [-0.05, 0) is 60.8 Å². The fraction of sp³-hybridized carbons (Fsp3) is 0.294. The Morgan fingerprint density at radius 1 is 1.14 bits per heavy atom. The molecule has 112 valence electrons. The highest BCUT2D eigenvalue weighted by atomic mass is 35.5. The quantitative estimate of drug-likeness (QED) is 0.782. The summed E-state index contributed by atoms with van der Waals surface area (Å²) in [6, 6.07) is 10.5. The minimum absolute atomic E-state index is 0.0261. The zero-order valence-electron chi connectivity index (χ0n) is 12.1. The number of likely N-dealkylation sites (N-methyl/N-ethyl adjacent to an activating group) is 1. The molecule has 0 aliphatic carbocycles. The normalized spacial score (nSPS) is 12.4. The Morgan fingerprint density at radius 3 is 2.38 bits per heavy atom. The van der Waals surface area contributed by atoms with Gasteiger partial charge in [0.05, 0.1) is 0 Å². The van der Waals surface area contributed by atoms with Crippen molar-refractivity contribution >= 4 is 23.2 Å². The lowest BCUT2D eigenvalue weighted by molar-refractivity contribution is 0.542. The van der Waals surface area contributed by atoms with Gasteiger partial charge in [0.15, 0.2) is 0 Å². The van der Waals surface area contributed by atoms with Gasteiger partial charge in [-0.2, -0.15) is 0 Å². The van der Waals surface area contributed by atoms with Crippen LogP contribution in [-0.4, -0.2) is 6.54 Å². The van der Waals surface area contributed by atoms with Crippen LogP contribution in [0.1, 0.15) is 29.7 Å². The number of halogens is 3. The Balaban J connectivity index is 2.35. The summed E-state index contributed by atoms with van der Waals surface area (Å²) in [5, 5.41) is 4.65. The smallest absolute Gasteiger partial charge is 0.123 e. The molecule has 4 heteroatoms. The molecule has 1 unspecified atom stereocenters. The molecule has 2 rings (SSSR count). The van der Waals surface area contributed by atoms with E-state index in [1.165, 1.54) is 6.07 Å². The lowest BCUT2D eigenvalue weighted by Gasteiger charge is -2.20. The molecular weight excluding hydrogens is 308 g/mol. The predicted molar refractivity (Wildman–Crippen MR) is 87.7 cm³/mol. The van der Waals surface area contributed by atoms with Gasteiger partial charge in [0.1, 0.15) is 5.82 Å². The summed E-state index contributed by atoms with van der Waals surface area (Å²) in [5.41, 5.74) is 2.69. The maximum absolute atomic E-state index is 13.6. The van der Waals surface area contributed by atoms with Crippen molar-refractivity contribution in [1.29, 1.82) is 0 Å². The number of benzene rings is 2. The van der Waals surface area contributed by atoms with E-state index in [0.29, 0.717) is 16.5 Å². The molecule has 0 saturated carbocycles. The van der Waals surface area contributed by atoms with Crippen LogP contribution < -0.4 is 5.32 Å². The lowest BCUT2D eigenvalue weighted by Crippen LogP contribution is -2.23. The lowest BCUT2D eigenvalue weighted by atomic mass is 9.97. The van der Waals surface area contributed by atoms with E-state index in [1.54, 1.807) is 6.07 Å². The molecule has 0 spiro atoms. The summed E-state index contributed by atoms with van der Waals surface area (Å²) in [7, 11) is 0. The molecule has 0 radical (unpaired) electrons. The molecule has 1 N–H and O–H groups in total.